The first-order valence-electron chi connectivity index (χ1n) is 5.77. The van der Waals surface area contributed by atoms with Gasteiger partial charge in [-0.2, -0.15) is 1.33 Å². The van der Waals surface area contributed by atoms with Gasteiger partial charge < -0.3 is 0 Å². The summed E-state index contributed by atoms with van der Waals surface area (Å²) in [7, 11) is 0. The van der Waals surface area contributed by atoms with Crippen molar-refractivity contribution < 1.29 is 0 Å². The van der Waals surface area contributed by atoms with Crippen molar-refractivity contribution in [2.45, 2.75) is 38.1 Å². The molecule has 1 atom stereocenters. The van der Waals surface area contributed by atoms with E-state index in [4.69, 9.17) is 0 Å². The lowest BCUT2D eigenvalue weighted by molar-refractivity contribution is 0.349. The van der Waals surface area contributed by atoms with Gasteiger partial charge in [0.05, 0.1) is 0 Å². The van der Waals surface area contributed by atoms with Gasteiger partial charge in [0.15, 0.2) is 0 Å². The zero-order chi connectivity index (χ0) is 10.7. The molecule has 1 heterocycles. The molecule has 4 heteroatoms. The Bertz CT molecular complexity index is 241. The fourth-order valence-corrected chi connectivity index (χ4v) is 3.36. The Morgan fingerprint density at radius 1 is 1.40 bits per heavy atom. The smallest absolute Gasteiger partial charge is 0.0437 e. The van der Waals surface area contributed by atoms with Gasteiger partial charge in [-0.25, -0.2) is 0 Å². The average Bonchev–Trinajstić information content (AvgIpc) is 2.68. The van der Waals surface area contributed by atoms with E-state index in [2.05, 4.69) is 58.0 Å². The highest BCUT2D eigenvalue weighted by Gasteiger charge is 2.25. The molecule has 0 spiro atoms. The van der Waals surface area contributed by atoms with Crippen LogP contribution in [0.3, 0.4) is 0 Å². The predicted molar refractivity (Wildman–Crippen MR) is 81.3 cm³/mol. The van der Waals surface area contributed by atoms with Gasteiger partial charge >= 0.3 is 0 Å². The lowest BCUT2D eigenvalue weighted by Crippen LogP contribution is -2.27. The molecule has 2 nitrogen and oxygen atoms in total. The van der Waals surface area contributed by atoms with Crippen molar-refractivity contribution in [3.05, 3.63) is 11.6 Å². The van der Waals surface area contributed by atoms with Crippen LogP contribution < -0.4 is 0 Å². The Hall–Kier alpha value is 1.12. The lowest BCUT2D eigenvalue weighted by Gasteiger charge is -2.21. The molecule has 0 N–H and O–H groups in total. The third kappa shape index (κ3) is 3.81. The van der Waals surface area contributed by atoms with Gasteiger partial charge in [-0.3, -0.25) is 4.90 Å². The van der Waals surface area contributed by atoms with E-state index >= 15 is 0 Å². The Balaban J connectivity index is 1.79. The van der Waals surface area contributed by atoms with Crippen LogP contribution in [0.2, 0.25) is 0 Å². The van der Waals surface area contributed by atoms with E-state index in [1.807, 2.05) is 0 Å². The summed E-state index contributed by atoms with van der Waals surface area (Å²) < 4.78 is 2.31. The van der Waals surface area contributed by atoms with Crippen LogP contribution in [0.4, 0.5) is 0 Å². The number of hydrogen-bond acceptors (Lipinski definition) is 2. The van der Waals surface area contributed by atoms with Gasteiger partial charge in [0, 0.05) is 71.4 Å². The molecule has 1 aliphatic carbocycles. The van der Waals surface area contributed by atoms with E-state index in [1.165, 1.54) is 51.7 Å². The molecule has 2 rings (SSSR count). The second-order valence-electron chi connectivity index (χ2n) is 4.54. The summed E-state index contributed by atoms with van der Waals surface area (Å²) in [6.07, 6.45) is 9.29. The number of halogens is 2. The van der Waals surface area contributed by atoms with E-state index in [9.17, 15) is 0 Å². The minimum atomic E-state index is 0.760. The van der Waals surface area contributed by atoms with Crippen molar-refractivity contribution in [3.63, 3.8) is 0 Å². The number of allylic oxidation sites excluding steroid dienone is 1. The second kappa shape index (κ2) is 6.16. The first-order chi connectivity index (χ1) is 7.25. The summed E-state index contributed by atoms with van der Waals surface area (Å²) in [6.45, 7) is 3.77. The fraction of sp³-hybridized carbons (Fsp3) is 0.818. The van der Waals surface area contributed by atoms with Gasteiger partial charge in [0.25, 0.3) is 0 Å². The van der Waals surface area contributed by atoms with E-state index in [0.717, 1.165) is 6.04 Å². The van der Waals surface area contributed by atoms with Crippen molar-refractivity contribution in [1.82, 2.24) is 6.23 Å². The first kappa shape index (κ1) is 12.6. The molecule has 1 saturated heterocycles. The molecule has 1 aliphatic heterocycles. The number of hydrogen-bond donors (Lipinski definition) is 0. The van der Waals surface area contributed by atoms with Crippen LogP contribution in [0.25, 0.3) is 0 Å². The summed E-state index contributed by atoms with van der Waals surface area (Å²) in [4.78, 5) is 2.62. The topological polar surface area (TPSA) is 6.48 Å². The summed E-state index contributed by atoms with van der Waals surface area (Å²) in [6, 6.07) is 0.760. The molecule has 0 saturated carbocycles. The molecule has 0 aromatic carbocycles. The number of likely N-dealkylation sites (tertiary alicyclic amines) is 1. The SMILES string of the molecule is IN(I)C1CCN(CC2=CCCCC2)C1. The molecule has 0 radical (unpaired) electrons. The van der Waals surface area contributed by atoms with Gasteiger partial charge in [0.1, 0.15) is 0 Å². The maximum atomic E-state index is 2.62. The molecule has 0 bridgehead atoms. The number of rotatable bonds is 3. The maximum Gasteiger partial charge on any atom is 0.0437 e. The van der Waals surface area contributed by atoms with E-state index in [-0.39, 0.29) is 0 Å². The summed E-state index contributed by atoms with van der Waals surface area (Å²) in [5, 5.41) is 0. The molecular formula is C11H18I2N2. The Morgan fingerprint density at radius 3 is 2.87 bits per heavy atom. The van der Waals surface area contributed by atoms with Crippen molar-refractivity contribution in [1.29, 1.82) is 0 Å². The molecule has 1 unspecified atom stereocenters. The van der Waals surface area contributed by atoms with Crippen LogP contribution >= 0.6 is 45.7 Å². The van der Waals surface area contributed by atoms with E-state index in [1.54, 1.807) is 5.57 Å². The van der Waals surface area contributed by atoms with Crippen LogP contribution in [-0.4, -0.2) is 31.9 Å². The first-order valence-corrected chi connectivity index (χ1v) is 7.70. The highest BCUT2D eigenvalue weighted by atomic mass is 127. The third-order valence-corrected chi connectivity index (χ3v) is 4.91. The monoisotopic (exact) mass is 432 g/mol. The highest BCUT2D eigenvalue weighted by molar-refractivity contribution is 14.2. The minimum absolute atomic E-state index is 0.760. The average molecular weight is 432 g/mol. The van der Waals surface area contributed by atoms with Crippen molar-refractivity contribution in [2.75, 3.05) is 19.6 Å². The van der Waals surface area contributed by atoms with E-state index in [0.29, 0.717) is 0 Å². The normalized spacial score (nSPS) is 28.5. The minimum Gasteiger partial charge on any atom is -0.298 e. The van der Waals surface area contributed by atoms with Crippen molar-refractivity contribution in [2.24, 2.45) is 0 Å². The Morgan fingerprint density at radius 2 is 2.27 bits per heavy atom. The Labute approximate surface area is 120 Å². The highest BCUT2D eigenvalue weighted by Crippen LogP contribution is 2.25. The van der Waals surface area contributed by atoms with Crippen LogP contribution in [0.15, 0.2) is 11.6 Å². The van der Waals surface area contributed by atoms with Gasteiger partial charge in [-0.1, -0.05) is 11.6 Å². The third-order valence-electron chi connectivity index (χ3n) is 3.34. The molecule has 0 aromatic heterocycles. The second-order valence-corrected chi connectivity index (χ2v) is 8.47. The van der Waals surface area contributed by atoms with Gasteiger partial charge in [0.2, 0.25) is 0 Å². The standard InChI is InChI=1S/C11H18I2N2/c12-15(13)11-6-7-14(9-11)8-10-4-2-1-3-5-10/h4,11H,1-3,5-9H2. The van der Waals surface area contributed by atoms with Crippen molar-refractivity contribution >= 4 is 45.7 Å². The Kier molecular flexibility index (Phi) is 5.16. The zero-order valence-electron chi connectivity index (χ0n) is 8.96. The molecule has 0 amide bonds. The van der Waals surface area contributed by atoms with Gasteiger partial charge in [-0.15, -0.1) is 0 Å². The van der Waals surface area contributed by atoms with Crippen LogP contribution in [0.5, 0.6) is 0 Å². The molecule has 2 aliphatic rings. The maximum absolute atomic E-state index is 2.62. The van der Waals surface area contributed by atoms with Crippen LogP contribution in [-0.2, 0) is 0 Å². The largest absolute Gasteiger partial charge is 0.298 e. The van der Waals surface area contributed by atoms with Crippen LogP contribution in [0, 0.1) is 0 Å². The lowest BCUT2D eigenvalue weighted by atomic mass is 9.99. The summed E-state index contributed by atoms with van der Waals surface area (Å²) in [5.41, 5.74) is 1.69. The number of nitrogens with zero attached hydrogens (tertiary/aromatic N) is 2. The van der Waals surface area contributed by atoms with Gasteiger partial charge in [-0.05, 0) is 32.1 Å². The van der Waals surface area contributed by atoms with Crippen LogP contribution in [0.1, 0.15) is 32.1 Å². The predicted octanol–water partition coefficient (Wildman–Crippen LogP) is 3.56. The molecule has 86 valence electrons. The summed E-state index contributed by atoms with van der Waals surface area (Å²) >= 11 is 4.81. The summed E-state index contributed by atoms with van der Waals surface area (Å²) in [5.74, 6) is 0. The van der Waals surface area contributed by atoms with Crippen molar-refractivity contribution in [3.8, 4) is 0 Å². The molecule has 15 heavy (non-hydrogen) atoms. The molecule has 1 fully saturated rings. The van der Waals surface area contributed by atoms with E-state index < -0.39 is 0 Å². The molecular weight excluding hydrogens is 414 g/mol. The fourth-order valence-electron chi connectivity index (χ4n) is 2.45. The molecule has 0 aromatic rings. The quantitative estimate of drug-likeness (QED) is 0.383. The zero-order valence-corrected chi connectivity index (χ0v) is 13.3.